The summed E-state index contributed by atoms with van der Waals surface area (Å²) in [7, 11) is 0. The third kappa shape index (κ3) is 5.06. The SMILES string of the molecule is C#CCNCCC1CCN(Cc2ccccc2)CC1. The predicted octanol–water partition coefficient (Wildman–Crippen LogP) is 2.51. The summed E-state index contributed by atoms with van der Waals surface area (Å²) in [4.78, 5) is 2.57. The molecule has 0 atom stereocenters. The molecule has 1 N–H and O–H groups in total. The number of hydrogen-bond acceptors (Lipinski definition) is 2. The fourth-order valence-electron chi connectivity index (χ4n) is 2.74. The molecule has 0 aromatic heterocycles. The number of rotatable bonds is 6. The van der Waals surface area contributed by atoms with Gasteiger partial charge in [-0.1, -0.05) is 36.3 Å². The van der Waals surface area contributed by atoms with Gasteiger partial charge in [0, 0.05) is 6.54 Å². The van der Waals surface area contributed by atoms with Crippen LogP contribution in [0.25, 0.3) is 0 Å². The van der Waals surface area contributed by atoms with E-state index in [1.807, 2.05) is 0 Å². The van der Waals surface area contributed by atoms with Crippen LogP contribution in [0.1, 0.15) is 24.8 Å². The van der Waals surface area contributed by atoms with Crippen molar-refractivity contribution in [3.8, 4) is 12.3 Å². The van der Waals surface area contributed by atoms with Crippen molar-refractivity contribution in [2.75, 3.05) is 26.2 Å². The Balaban J connectivity index is 1.64. The fourth-order valence-corrected chi connectivity index (χ4v) is 2.74. The van der Waals surface area contributed by atoms with E-state index >= 15 is 0 Å². The summed E-state index contributed by atoms with van der Waals surface area (Å²) < 4.78 is 0. The second kappa shape index (κ2) is 7.99. The van der Waals surface area contributed by atoms with Gasteiger partial charge in [-0.15, -0.1) is 6.42 Å². The van der Waals surface area contributed by atoms with Crippen molar-refractivity contribution in [2.24, 2.45) is 5.92 Å². The van der Waals surface area contributed by atoms with Gasteiger partial charge in [-0.05, 0) is 50.4 Å². The van der Waals surface area contributed by atoms with Crippen molar-refractivity contribution in [3.05, 3.63) is 35.9 Å². The molecule has 0 radical (unpaired) electrons. The van der Waals surface area contributed by atoms with Crippen LogP contribution < -0.4 is 5.32 Å². The summed E-state index contributed by atoms with van der Waals surface area (Å²) in [6.07, 6.45) is 9.13. The average molecular weight is 256 g/mol. The zero-order valence-corrected chi connectivity index (χ0v) is 11.6. The Labute approximate surface area is 117 Å². The molecule has 2 nitrogen and oxygen atoms in total. The third-order valence-corrected chi connectivity index (χ3v) is 3.91. The largest absolute Gasteiger partial charge is 0.306 e. The number of piperidine rings is 1. The van der Waals surface area contributed by atoms with E-state index < -0.39 is 0 Å². The van der Waals surface area contributed by atoms with Gasteiger partial charge < -0.3 is 5.32 Å². The molecule has 1 aromatic rings. The van der Waals surface area contributed by atoms with Crippen LogP contribution in [-0.2, 0) is 6.54 Å². The summed E-state index contributed by atoms with van der Waals surface area (Å²) in [6.45, 7) is 5.33. The summed E-state index contributed by atoms with van der Waals surface area (Å²) >= 11 is 0. The van der Waals surface area contributed by atoms with Gasteiger partial charge in [0.25, 0.3) is 0 Å². The zero-order chi connectivity index (χ0) is 13.3. The van der Waals surface area contributed by atoms with Gasteiger partial charge in [0.15, 0.2) is 0 Å². The topological polar surface area (TPSA) is 15.3 Å². The van der Waals surface area contributed by atoms with E-state index in [0.29, 0.717) is 6.54 Å². The molecule has 1 saturated heterocycles. The molecule has 0 bridgehead atoms. The number of hydrogen-bond donors (Lipinski definition) is 1. The third-order valence-electron chi connectivity index (χ3n) is 3.91. The average Bonchev–Trinajstić information content (AvgIpc) is 2.46. The first-order chi connectivity index (χ1) is 9.38. The highest BCUT2D eigenvalue weighted by Crippen LogP contribution is 2.21. The van der Waals surface area contributed by atoms with E-state index in [9.17, 15) is 0 Å². The lowest BCUT2D eigenvalue weighted by atomic mass is 9.93. The summed E-state index contributed by atoms with van der Waals surface area (Å²) in [5.74, 6) is 3.49. The number of likely N-dealkylation sites (tertiary alicyclic amines) is 1. The highest BCUT2D eigenvalue weighted by Gasteiger charge is 2.18. The molecule has 1 aliphatic rings. The van der Waals surface area contributed by atoms with Crippen LogP contribution >= 0.6 is 0 Å². The molecular formula is C17H24N2. The predicted molar refractivity (Wildman–Crippen MR) is 80.8 cm³/mol. The van der Waals surface area contributed by atoms with Gasteiger partial charge in [0.2, 0.25) is 0 Å². The van der Waals surface area contributed by atoms with Crippen molar-refractivity contribution in [1.29, 1.82) is 0 Å². The van der Waals surface area contributed by atoms with Gasteiger partial charge in [-0.2, -0.15) is 0 Å². The number of nitrogens with zero attached hydrogens (tertiary/aromatic N) is 1. The Morgan fingerprint density at radius 3 is 2.63 bits per heavy atom. The Morgan fingerprint density at radius 1 is 1.21 bits per heavy atom. The highest BCUT2D eigenvalue weighted by atomic mass is 15.1. The van der Waals surface area contributed by atoms with E-state index in [4.69, 9.17) is 6.42 Å². The Morgan fingerprint density at radius 2 is 1.95 bits per heavy atom. The normalized spacial score (nSPS) is 17.2. The van der Waals surface area contributed by atoms with Gasteiger partial charge in [0.1, 0.15) is 0 Å². The van der Waals surface area contributed by atoms with E-state index in [2.05, 4.69) is 46.5 Å². The second-order valence-corrected chi connectivity index (χ2v) is 5.37. The Kier molecular flexibility index (Phi) is 5.94. The summed E-state index contributed by atoms with van der Waals surface area (Å²) in [5.41, 5.74) is 1.43. The van der Waals surface area contributed by atoms with Gasteiger partial charge in [0.05, 0.1) is 6.54 Å². The standard InChI is InChI=1S/C17H24N2/c1-2-11-18-12-8-16-9-13-19(14-10-16)15-17-6-4-3-5-7-17/h1,3-7,16,18H,8-15H2. The van der Waals surface area contributed by atoms with E-state index in [1.165, 1.54) is 37.9 Å². The van der Waals surface area contributed by atoms with Crippen molar-refractivity contribution >= 4 is 0 Å². The zero-order valence-electron chi connectivity index (χ0n) is 11.6. The first-order valence-corrected chi connectivity index (χ1v) is 7.29. The molecule has 102 valence electrons. The molecule has 1 aliphatic heterocycles. The maximum Gasteiger partial charge on any atom is 0.0573 e. The van der Waals surface area contributed by atoms with E-state index in [-0.39, 0.29) is 0 Å². The Hall–Kier alpha value is -1.30. The molecule has 0 amide bonds. The van der Waals surface area contributed by atoms with Crippen LogP contribution in [0.4, 0.5) is 0 Å². The van der Waals surface area contributed by atoms with Crippen LogP contribution in [-0.4, -0.2) is 31.1 Å². The number of terminal acetylenes is 1. The first-order valence-electron chi connectivity index (χ1n) is 7.29. The lowest BCUT2D eigenvalue weighted by Crippen LogP contribution is -2.34. The molecule has 1 fully saturated rings. The minimum Gasteiger partial charge on any atom is -0.306 e. The van der Waals surface area contributed by atoms with E-state index in [1.54, 1.807) is 0 Å². The fraction of sp³-hybridized carbons (Fsp3) is 0.529. The van der Waals surface area contributed by atoms with Crippen LogP contribution in [0.2, 0.25) is 0 Å². The minimum atomic E-state index is 0.701. The summed E-state index contributed by atoms with van der Waals surface area (Å²) in [5, 5.41) is 3.28. The van der Waals surface area contributed by atoms with E-state index in [0.717, 1.165) is 19.0 Å². The highest BCUT2D eigenvalue weighted by molar-refractivity contribution is 5.14. The van der Waals surface area contributed by atoms with Crippen LogP contribution in [0.5, 0.6) is 0 Å². The molecule has 0 unspecified atom stereocenters. The lowest BCUT2D eigenvalue weighted by Gasteiger charge is -2.32. The second-order valence-electron chi connectivity index (χ2n) is 5.37. The molecule has 1 heterocycles. The maximum atomic E-state index is 5.22. The number of nitrogens with one attached hydrogen (secondary N) is 1. The monoisotopic (exact) mass is 256 g/mol. The molecule has 1 aromatic carbocycles. The summed E-state index contributed by atoms with van der Waals surface area (Å²) in [6, 6.07) is 10.8. The van der Waals surface area contributed by atoms with Crippen molar-refractivity contribution < 1.29 is 0 Å². The van der Waals surface area contributed by atoms with Crippen molar-refractivity contribution in [3.63, 3.8) is 0 Å². The molecular weight excluding hydrogens is 232 g/mol. The quantitative estimate of drug-likeness (QED) is 0.621. The van der Waals surface area contributed by atoms with Crippen LogP contribution in [0, 0.1) is 18.3 Å². The van der Waals surface area contributed by atoms with Crippen molar-refractivity contribution in [1.82, 2.24) is 10.2 Å². The van der Waals surface area contributed by atoms with Gasteiger partial charge >= 0.3 is 0 Å². The molecule has 2 rings (SSSR count). The maximum absolute atomic E-state index is 5.22. The minimum absolute atomic E-state index is 0.701. The smallest absolute Gasteiger partial charge is 0.0573 e. The molecule has 0 aliphatic carbocycles. The van der Waals surface area contributed by atoms with Crippen LogP contribution in [0.3, 0.4) is 0 Å². The van der Waals surface area contributed by atoms with Crippen molar-refractivity contribution in [2.45, 2.75) is 25.8 Å². The Bertz CT molecular complexity index is 385. The molecule has 19 heavy (non-hydrogen) atoms. The first kappa shape index (κ1) is 14.1. The molecule has 0 spiro atoms. The van der Waals surface area contributed by atoms with Gasteiger partial charge in [-0.25, -0.2) is 0 Å². The molecule has 0 saturated carbocycles. The van der Waals surface area contributed by atoms with Gasteiger partial charge in [-0.3, -0.25) is 4.90 Å². The number of benzene rings is 1. The lowest BCUT2D eigenvalue weighted by molar-refractivity contribution is 0.172. The molecule has 2 heteroatoms. The van der Waals surface area contributed by atoms with Crippen LogP contribution in [0.15, 0.2) is 30.3 Å².